The number of amides is 1. The molecule has 0 unspecified atom stereocenters. The zero-order valence-corrected chi connectivity index (χ0v) is 19.7. The summed E-state index contributed by atoms with van der Waals surface area (Å²) < 4.78 is 11.6. The molecule has 170 valence electrons. The largest absolute Gasteiger partial charge is 0.493 e. The lowest BCUT2D eigenvalue weighted by atomic mass is 10.2. The fourth-order valence-electron chi connectivity index (χ4n) is 3.28. The Kier molecular flexibility index (Phi) is 6.76. The van der Waals surface area contributed by atoms with Crippen molar-refractivity contribution < 1.29 is 14.3 Å². The monoisotopic (exact) mass is 470 g/mol. The summed E-state index contributed by atoms with van der Waals surface area (Å²) in [7, 11) is 3.04. The molecular weight excluding hydrogens is 448 g/mol. The van der Waals surface area contributed by atoms with Crippen molar-refractivity contribution in [2.75, 3.05) is 24.9 Å². The zero-order valence-electron chi connectivity index (χ0n) is 18.9. The van der Waals surface area contributed by atoms with Crippen LogP contribution >= 0.6 is 11.3 Å². The lowest BCUT2D eigenvalue weighted by Crippen LogP contribution is -2.14. The van der Waals surface area contributed by atoms with Crippen LogP contribution in [0.3, 0.4) is 0 Å². The number of aryl methyl sites for hydroxylation is 1. The number of benzene rings is 3. The van der Waals surface area contributed by atoms with Crippen molar-refractivity contribution in [2.24, 2.45) is 0 Å². The van der Waals surface area contributed by atoms with Gasteiger partial charge in [-0.1, -0.05) is 6.07 Å². The van der Waals surface area contributed by atoms with Gasteiger partial charge in [0, 0.05) is 29.2 Å². The number of hydrogen-bond acceptors (Lipinski definition) is 7. The molecule has 7 nitrogen and oxygen atoms in total. The van der Waals surface area contributed by atoms with Crippen LogP contribution in [0.2, 0.25) is 0 Å². The predicted octanol–water partition coefficient (Wildman–Crippen LogP) is 5.75. The smallest absolute Gasteiger partial charge is 0.267 e. The van der Waals surface area contributed by atoms with Gasteiger partial charge >= 0.3 is 0 Å². The van der Waals surface area contributed by atoms with Crippen LogP contribution in [0.4, 0.5) is 11.4 Å². The Morgan fingerprint density at radius 1 is 1.00 bits per heavy atom. The summed E-state index contributed by atoms with van der Waals surface area (Å²) in [6.45, 7) is 2.07. The first-order valence-electron chi connectivity index (χ1n) is 10.4. The SMILES string of the molecule is COc1ccc(NC(=O)/C(C#N)=C\Nc2ccc(-c3nc4ccc(C)cc4s3)cc2)cc1OC. The van der Waals surface area contributed by atoms with E-state index >= 15 is 0 Å². The second kappa shape index (κ2) is 10.1. The predicted molar refractivity (Wildman–Crippen MR) is 135 cm³/mol. The summed E-state index contributed by atoms with van der Waals surface area (Å²) in [5.41, 5.74) is 4.35. The van der Waals surface area contributed by atoms with Gasteiger partial charge in [-0.3, -0.25) is 4.79 Å². The van der Waals surface area contributed by atoms with Crippen LogP contribution in [0.5, 0.6) is 11.5 Å². The first kappa shape index (κ1) is 22.8. The fourth-order valence-corrected chi connectivity index (χ4v) is 4.35. The highest BCUT2D eigenvalue weighted by Gasteiger charge is 2.12. The first-order valence-corrected chi connectivity index (χ1v) is 11.2. The third-order valence-electron chi connectivity index (χ3n) is 5.07. The van der Waals surface area contributed by atoms with Crippen molar-refractivity contribution in [2.45, 2.75) is 6.92 Å². The fraction of sp³-hybridized carbons (Fsp3) is 0.115. The molecule has 0 atom stereocenters. The van der Waals surface area contributed by atoms with Gasteiger partial charge in [-0.25, -0.2) is 4.98 Å². The van der Waals surface area contributed by atoms with E-state index in [9.17, 15) is 10.1 Å². The van der Waals surface area contributed by atoms with E-state index < -0.39 is 5.91 Å². The normalized spacial score (nSPS) is 11.1. The van der Waals surface area contributed by atoms with Gasteiger partial charge in [-0.2, -0.15) is 5.26 Å². The third kappa shape index (κ3) is 5.00. The Labute approximate surface area is 201 Å². The minimum atomic E-state index is -0.538. The number of rotatable bonds is 7. The minimum absolute atomic E-state index is 0.0691. The lowest BCUT2D eigenvalue weighted by Gasteiger charge is -2.10. The molecule has 0 saturated carbocycles. The van der Waals surface area contributed by atoms with Crippen LogP contribution in [0.1, 0.15) is 5.56 Å². The van der Waals surface area contributed by atoms with E-state index in [-0.39, 0.29) is 5.57 Å². The van der Waals surface area contributed by atoms with Gasteiger partial charge in [0.25, 0.3) is 5.91 Å². The quantitative estimate of drug-likeness (QED) is 0.264. The van der Waals surface area contributed by atoms with Crippen molar-refractivity contribution in [3.63, 3.8) is 0 Å². The maximum Gasteiger partial charge on any atom is 0.267 e. The number of anilines is 2. The van der Waals surface area contributed by atoms with E-state index in [1.807, 2.05) is 36.4 Å². The number of hydrogen-bond donors (Lipinski definition) is 2. The third-order valence-corrected chi connectivity index (χ3v) is 6.13. The first-order chi connectivity index (χ1) is 16.5. The maximum absolute atomic E-state index is 12.5. The van der Waals surface area contributed by atoms with Gasteiger partial charge < -0.3 is 20.1 Å². The highest BCUT2D eigenvalue weighted by Crippen LogP contribution is 2.32. The van der Waals surface area contributed by atoms with Gasteiger partial charge in [-0.05, 0) is 61.0 Å². The van der Waals surface area contributed by atoms with Crippen molar-refractivity contribution in [1.29, 1.82) is 5.26 Å². The highest BCUT2D eigenvalue weighted by molar-refractivity contribution is 7.21. The summed E-state index contributed by atoms with van der Waals surface area (Å²) in [6.07, 6.45) is 1.38. The molecule has 0 saturated heterocycles. The summed E-state index contributed by atoms with van der Waals surface area (Å²) in [4.78, 5) is 17.2. The molecule has 1 aromatic heterocycles. The Morgan fingerprint density at radius 2 is 1.74 bits per heavy atom. The summed E-state index contributed by atoms with van der Waals surface area (Å²) in [6, 6.07) is 20.8. The van der Waals surface area contributed by atoms with Crippen LogP contribution < -0.4 is 20.1 Å². The van der Waals surface area contributed by atoms with Crippen LogP contribution in [-0.4, -0.2) is 25.1 Å². The Hall–Kier alpha value is -4.35. The molecule has 0 aliphatic carbocycles. The summed E-state index contributed by atoms with van der Waals surface area (Å²) in [5.74, 6) is 0.482. The van der Waals surface area contributed by atoms with Gasteiger partial charge in [-0.15, -0.1) is 11.3 Å². The molecule has 0 fully saturated rings. The van der Waals surface area contributed by atoms with Crippen molar-refractivity contribution >= 4 is 38.8 Å². The number of carbonyl (C=O) groups is 1. The number of ether oxygens (including phenoxy) is 2. The molecule has 3 aromatic carbocycles. The number of carbonyl (C=O) groups excluding carboxylic acids is 1. The Bertz CT molecular complexity index is 1420. The molecule has 0 spiro atoms. The molecule has 34 heavy (non-hydrogen) atoms. The second-order valence-corrected chi connectivity index (χ2v) is 8.44. The molecule has 0 radical (unpaired) electrons. The molecule has 0 aliphatic heterocycles. The van der Waals surface area contributed by atoms with Crippen LogP contribution in [0, 0.1) is 18.3 Å². The van der Waals surface area contributed by atoms with E-state index in [2.05, 4.69) is 29.7 Å². The van der Waals surface area contributed by atoms with Crippen LogP contribution in [0.25, 0.3) is 20.8 Å². The molecule has 4 rings (SSSR count). The van der Waals surface area contributed by atoms with Gasteiger partial charge in [0.1, 0.15) is 16.6 Å². The van der Waals surface area contributed by atoms with Crippen LogP contribution in [0.15, 0.2) is 72.4 Å². The molecule has 2 N–H and O–H groups in total. The highest BCUT2D eigenvalue weighted by atomic mass is 32.1. The van der Waals surface area contributed by atoms with E-state index in [1.54, 1.807) is 29.5 Å². The van der Waals surface area contributed by atoms with Crippen molar-refractivity contribution in [3.8, 4) is 28.1 Å². The van der Waals surface area contributed by atoms with Gasteiger partial charge in [0.05, 0.1) is 24.4 Å². The van der Waals surface area contributed by atoms with E-state index in [0.29, 0.717) is 17.2 Å². The number of thiazole rings is 1. The molecular formula is C26H22N4O3S. The number of fused-ring (bicyclic) bond motifs is 1. The van der Waals surface area contributed by atoms with E-state index in [0.717, 1.165) is 26.5 Å². The Morgan fingerprint density at radius 3 is 2.44 bits per heavy atom. The summed E-state index contributed by atoms with van der Waals surface area (Å²) in [5, 5.41) is 16.1. The van der Waals surface area contributed by atoms with E-state index in [1.165, 1.54) is 26.0 Å². The maximum atomic E-state index is 12.5. The topological polar surface area (TPSA) is 96.3 Å². The minimum Gasteiger partial charge on any atom is -0.493 e. The number of nitrogens with one attached hydrogen (secondary N) is 2. The number of nitriles is 1. The molecule has 8 heteroatoms. The Balaban J connectivity index is 1.45. The van der Waals surface area contributed by atoms with Gasteiger partial charge in [0.15, 0.2) is 11.5 Å². The standard InChI is InChI=1S/C26H22N4O3S/c1-16-4-10-21-24(12-16)34-26(30-21)17-5-7-19(8-6-17)28-15-18(14-27)25(31)29-20-9-11-22(32-2)23(13-20)33-3/h4-13,15,28H,1-3H3,(H,29,31)/b18-15-. The molecule has 4 aromatic rings. The van der Waals surface area contributed by atoms with Crippen molar-refractivity contribution in [1.82, 2.24) is 4.98 Å². The second-order valence-electron chi connectivity index (χ2n) is 7.41. The number of aromatic nitrogens is 1. The number of nitrogens with zero attached hydrogens (tertiary/aromatic N) is 2. The van der Waals surface area contributed by atoms with E-state index in [4.69, 9.17) is 14.5 Å². The van der Waals surface area contributed by atoms with Gasteiger partial charge in [0.2, 0.25) is 0 Å². The zero-order chi connectivity index (χ0) is 24.1. The molecule has 1 amide bonds. The summed E-state index contributed by atoms with van der Waals surface area (Å²) >= 11 is 1.65. The average Bonchev–Trinajstić information content (AvgIpc) is 3.28. The average molecular weight is 471 g/mol. The molecule has 0 aliphatic rings. The van der Waals surface area contributed by atoms with Crippen LogP contribution in [-0.2, 0) is 4.79 Å². The lowest BCUT2D eigenvalue weighted by molar-refractivity contribution is -0.112. The number of methoxy groups -OCH3 is 2. The molecule has 0 bridgehead atoms. The molecule has 1 heterocycles. The van der Waals surface area contributed by atoms with Crippen molar-refractivity contribution in [3.05, 3.63) is 78.0 Å².